The van der Waals surface area contributed by atoms with Crippen molar-refractivity contribution in [2.24, 2.45) is 0 Å². The molecular weight excluding hydrogens is 633 g/mol. The molecule has 0 saturated carbocycles. The SMILES string of the molecule is CC(C)(c1ccc(OC(=O)/C=C(/Nc2ccccc2)c2ccccc2)cc1)c1ccc(OC(=O)/C=C(/Nc2ccccc2)c2ccccc2)cc1. The van der Waals surface area contributed by atoms with Crippen molar-refractivity contribution < 1.29 is 19.1 Å². The molecule has 6 aromatic rings. The number of benzene rings is 6. The van der Waals surface area contributed by atoms with Gasteiger partial charge in [0.05, 0.1) is 11.4 Å². The van der Waals surface area contributed by atoms with Gasteiger partial charge in [0.25, 0.3) is 0 Å². The molecule has 6 rings (SSSR count). The first-order chi connectivity index (χ1) is 24.8. The molecule has 0 aromatic heterocycles. The maximum absolute atomic E-state index is 13.0. The van der Waals surface area contributed by atoms with Crippen LogP contribution in [0.5, 0.6) is 11.5 Å². The van der Waals surface area contributed by atoms with Crippen molar-refractivity contribution in [2.75, 3.05) is 10.6 Å². The van der Waals surface area contributed by atoms with Gasteiger partial charge in [0.2, 0.25) is 0 Å². The third-order valence-corrected chi connectivity index (χ3v) is 8.39. The first-order valence-electron chi connectivity index (χ1n) is 16.7. The molecule has 0 unspecified atom stereocenters. The fourth-order valence-electron chi connectivity index (χ4n) is 5.55. The van der Waals surface area contributed by atoms with Gasteiger partial charge in [-0.3, -0.25) is 0 Å². The molecule has 0 aliphatic rings. The Morgan fingerprint density at radius 1 is 0.451 bits per heavy atom. The molecule has 6 nitrogen and oxygen atoms in total. The number of esters is 2. The molecule has 2 N–H and O–H groups in total. The average Bonchev–Trinajstić information content (AvgIpc) is 3.16. The second kappa shape index (κ2) is 16.2. The minimum Gasteiger partial charge on any atom is -0.423 e. The fraction of sp³-hybridized carbons (Fsp3) is 0.0667. The van der Waals surface area contributed by atoms with Crippen LogP contribution in [0.3, 0.4) is 0 Å². The zero-order chi connectivity index (χ0) is 35.5. The summed E-state index contributed by atoms with van der Waals surface area (Å²) >= 11 is 0. The van der Waals surface area contributed by atoms with Gasteiger partial charge < -0.3 is 20.1 Å². The van der Waals surface area contributed by atoms with Gasteiger partial charge in [0.1, 0.15) is 11.5 Å². The van der Waals surface area contributed by atoms with Gasteiger partial charge in [-0.2, -0.15) is 0 Å². The van der Waals surface area contributed by atoms with Crippen LogP contribution in [0.2, 0.25) is 0 Å². The number of carbonyl (C=O) groups is 2. The molecular formula is C45H38N2O4. The third kappa shape index (κ3) is 9.28. The number of para-hydroxylation sites is 2. The molecule has 0 radical (unpaired) electrons. The predicted octanol–water partition coefficient (Wildman–Crippen LogP) is 10.1. The smallest absolute Gasteiger partial charge is 0.338 e. The Morgan fingerprint density at radius 2 is 0.765 bits per heavy atom. The van der Waals surface area contributed by atoms with Gasteiger partial charge in [0, 0.05) is 28.9 Å². The molecule has 0 aliphatic carbocycles. The minimum atomic E-state index is -0.490. The lowest BCUT2D eigenvalue weighted by molar-refractivity contribution is -0.129. The lowest BCUT2D eigenvalue weighted by atomic mass is 9.78. The lowest BCUT2D eigenvalue weighted by Crippen LogP contribution is -2.19. The molecule has 51 heavy (non-hydrogen) atoms. The summed E-state index contributed by atoms with van der Waals surface area (Å²) < 4.78 is 11.4. The van der Waals surface area contributed by atoms with Crippen molar-refractivity contribution in [1.29, 1.82) is 0 Å². The molecule has 0 amide bonds. The van der Waals surface area contributed by atoms with Gasteiger partial charge in [-0.15, -0.1) is 0 Å². The van der Waals surface area contributed by atoms with E-state index in [9.17, 15) is 9.59 Å². The zero-order valence-corrected chi connectivity index (χ0v) is 28.5. The van der Waals surface area contributed by atoms with Crippen molar-refractivity contribution >= 4 is 34.7 Å². The standard InChI is InChI=1S/C45H38N2O4/c1-45(2,35-23-27-39(28-24-35)50-43(48)31-41(33-15-7-3-8-16-33)46-37-19-11-5-12-20-37)36-25-29-40(30-26-36)51-44(49)32-42(34-17-9-4-10-18-34)47-38-21-13-6-14-22-38/h3-32,46-47H,1-2H3/b41-31+,42-32+. The minimum absolute atomic E-state index is 0.384. The quantitative estimate of drug-likeness (QED) is 0.0767. The Kier molecular flexibility index (Phi) is 10.8. The van der Waals surface area contributed by atoms with Crippen LogP contribution in [-0.2, 0) is 15.0 Å². The van der Waals surface area contributed by atoms with Gasteiger partial charge >= 0.3 is 11.9 Å². The number of hydrogen-bond acceptors (Lipinski definition) is 6. The van der Waals surface area contributed by atoms with Gasteiger partial charge in [0.15, 0.2) is 0 Å². The van der Waals surface area contributed by atoms with Crippen LogP contribution in [0.1, 0.15) is 36.1 Å². The molecule has 0 bridgehead atoms. The van der Waals surface area contributed by atoms with Crippen LogP contribution < -0.4 is 20.1 Å². The Morgan fingerprint density at radius 3 is 1.10 bits per heavy atom. The molecule has 6 aromatic carbocycles. The number of carbonyl (C=O) groups excluding carboxylic acids is 2. The van der Waals surface area contributed by atoms with E-state index in [0.717, 1.165) is 33.6 Å². The molecule has 0 fully saturated rings. The molecule has 6 heteroatoms. The largest absolute Gasteiger partial charge is 0.423 e. The normalized spacial score (nSPS) is 11.7. The Labute approximate surface area is 298 Å². The second-order valence-corrected chi connectivity index (χ2v) is 12.3. The number of rotatable bonds is 12. The number of hydrogen-bond donors (Lipinski definition) is 2. The van der Waals surface area contributed by atoms with E-state index in [1.54, 1.807) is 24.3 Å². The van der Waals surface area contributed by atoms with Crippen LogP contribution in [-0.4, -0.2) is 11.9 Å². The van der Waals surface area contributed by atoms with Crippen molar-refractivity contribution in [2.45, 2.75) is 19.3 Å². The molecule has 0 atom stereocenters. The van der Waals surface area contributed by atoms with Crippen LogP contribution in [0.15, 0.2) is 182 Å². The highest BCUT2D eigenvalue weighted by atomic mass is 16.5. The summed E-state index contributed by atoms with van der Waals surface area (Å²) in [5.74, 6) is -0.100. The van der Waals surface area contributed by atoms with Gasteiger partial charge in [-0.1, -0.05) is 135 Å². The summed E-state index contributed by atoms with van der Waals surface area (Å²) in [7, 11) is 0. The maximum Gasteiger partial charge on any atom is 0.338 e. The van der Waals surface area contributed by atoms with Gasteiger partial charge in [-0.05, 0) is 70.8 Å². The first-order valence-corrected chi connectivity index (χ1v) is 16.7. The number of nitrogens with one attached hydrogen (secondary N) is 2. The summed E-state index contributed by atoms with van der Waals surface area (Å²) in [6.45, 7) is 4.23. The fourth-order valence-corrected chi connectivity index (χ4v) is 5.55. The zero-order valence-electron chi connectivity index (χ0n) is 28.5. The van der Waals surface area contributed by atoms with Crippen LogP contribution >= 0.6 is 0 Å². The number of anilines is 2. The Balaban J connectivity index is 1.11. The van der Waals surface area contributed by atoms with E-state index in [1.807, 2.05) is 146 Å². The van der Waals surface area contributed by atoms with Crippen molar-refractivity contribution in [3.8, 4) is 11.5 Å². The molecule has 0 aliphatic heterocycles. The molecule has 252 valence electrons. The van der Waals surface area contributed by atoms with E-state index in [1.165, 1.54) is 12.2 Å². The topological polar surface area (TPSA) is 76.7 Å². The van der Waals surface area contributed by atoms with Crippen LogP contribution in [0.25, 0.3) is 11.4 Å². The Bertz CT molecular complexity index is 1950. The highest BCUT2D eigenvalue weighted by Crippen LogP contribution is 2.33. The highest BCUT2D eigenvalue weighted by Gasteiger charge is 2.23. The van der Waals surface area contributed by atoms with E-state index >= 15 is 0 Å². The first kappa shape index (κ1) is 34.2. The number of ether oxygens (including phenoxy) is 2. The van der Waals surface area contributed by atoms with Crippen molar-refractivity contribution in [3.05, 3.63) is 204 Å². The van der Waals surface area contributed by atoms with E-state index in [2.05, 4.69) is 24.5 Å². The van der Waals surface area contributed by atoms with E-state index in [0.29, 0.717) is 22.9 Å². The summed E-state index contributed by atoms with van der Waals surface area (Å²) in [5, 5.41) is 6.65. The Hall–Kier alpha value is -6.66. The second-order valence-electron chi connectivity index (χ2n) is 12.3. The van der Waals surface area contributed by atoms with Crippen molar-refractivity contribution in [3.63, 3.8) is 0 Å². The van der Waals surface area contributed by atoms with Crippen LogP contribution in [0.4, 0.5) is 11.4 Å². The summed E-state index contributed by atoms with van der Waals surface area (Å²) in [4.78, 5) is 26.1. The van der Waals surface area contributed by atoms with Crippen molar-refractivity contribution in [1.82, 2.24) is 0 Å². The van der Waals surface area contributed by atoms with E-state index in [4.69, 9.17) is 9.47 Å². The highest BCUT2D eigenvalue weighted by molar-refractivity contribution is 5.96. The summed E-state index contributed by atoms with van der Waals surface area (Å²) in [6.07, 6.45) is 2.93. The molecule has 0 heterocycles. The lowest BCUT2D eigenvalue weighted by Gasteiger charge is -2.26. The van der Waals surface area contributed by atoms with Gasteiger partial charge in [-0.25, -0.2) is 9.59 Å². The maximum atomic E-state index is 13.0. The predicted molar refractivity (Wildman–Crippen MR) is 205 cm³/mol. The van der Waals surface area contributed by atoms with E-state index < -0.39 is 11.9 Å². The third-order valence-electron chi connectivity index (χ3n) is 8.39. The molecule has 0 spiro atoms. The van der Waals surface area contributed by atoms with Crippen LogP contribution in [0, 0.1) is 0 Å². The van der Waals surface area contributed by atoms with E-state index in [-0.39, 0.29) is 5.41 Å². The summed E-state index contributed by atoms with van der Waals surface area (Å²) in [6, 6.07) is 53.7. The monoisotopic (exact) mass is 670 g/mol. The molecule has 0 saturated heterocycles. The summed E-state index contributed by atoms with van der Waals surface area (Å²) in [5.41, 5.74) is 6.40. The average molecular weight is 671 g/mol.